The molecule has 0 atom stereocenters. The number of methoxy groups -OCH3 is 1. The summed E-state index contributed by atoms with van der Waals surface area (Å²) in [5.74, 6) is -0.319. The van der Waals surface area contributed by atoms with Gasteiger partial charge in [-0.25, -0.2) is 9.78 Å². The van der Waals surface area contributed by atoms with Crippen molar-refractivity contribution >= 4 is 5.97 Å². The highest BCUT2D eigenvalue weighted by molar-refractivity contribution is 5.85. The summed E-state index contributed by atoms with van der Waals surface area (Å²) in [5, 5.41) is 8.92. The van der Waals surface area contributed by atoms with Crippen LogP contribution in [0.5, 0.6) is 0 Å². The van der Waals surface area contributed by atoms with Crippen molar-refractivity contribution in [3.05, 3.63) is 29.6 Å². The van der Waals surface area contributed by atoms with E-state index in [4.69, 9.17) is 9.84 Å². The van der Waals surface area contributed by atoms with E-state index in [0.717, 1.165) is 44.8 Å². The van der Waals surface area contributed by atoms with E-state index in [2.05, 4.69) is 9.88 Å². The number of aromatic nitrogens is 1. The van der Waals surface area contributed by atoms with Crippen LogP contribution in [0.2, 0.25) is 0 Å². The number of nitrogens with zero attached hydrogens (tertiary/aromatic N) is 2. The number of hydrogen-bond donors (Lipinski definition) is 1. The standard InChI is InChI=1S/C14H20N2O3/c1-19-10-11-5-7-16(8-6-11)9-12-3-2-4-13(15-12)14(17)18/h2-4,11H,5-10H2,1H3,(H,17,18). The van der Waals surface area contributed by atoms with E-state index in [-0.39, 0.29) is 5.69 Å². The van der Waals surface area contributed by atoms with Crippen LogP contribution in [0.3, 0.4) is 0 Å². The van der Waals surface area contributed by atoms with E-state index in [1.165, 1.54) is 6.07 Å². The third kappa shape index (κ3) is 4.01. The second-order valence-corrected chi connectivity index (χ2v) is 4.99. The smallest absolute Gasteiger partial charge is 0.354 e. The third-order valence-electron chi connectivity index (χ3n) is 3.52. The van der Waals surface area contributed by atoms with Crippen LogP contribution in [0, 0.1) is 5.92 Å². The summed E-state index contributed by atoms with van der Waals surface area (Å²) in [7, 11) is 1.74. The van der Waals surface area contributed by atoms with Crippen LogP contribution in [0.1, 0.15) is 29.0 Å². The second kappa shape index (κ2) is 6.63. The number of carboxylic acid groups (broad SMARTS) is 1. The first-order valence-corrected chi connectivity index (χ1v) is 6.59. The fraction of sp³-hybridized carbons (Fsp3) is 0.571. The van der Waals surface area contributed by atoms with Gasteiger partial charge in [-0.05, 0) is 44.0 Å². The molecule has 1 N–H and O–H groups in total. The molecule has 0 spiro atoms. The third-order valence-corrected chi connectivity index (χ3v) is 3.52. The predicted molar refractivity (Wildman–Crippen MR) is 71.1 cm³/mol. The van der Waals surface area contributed by atoms with Gasteiger partial charge in [0.05, 0.1) is 5.69 Å². The summed E-state index contributed by atoms with van der Waals surface area (Å²) in [6, 6.07) is 5.16. The fourth-order valence-electron chi connectivity index (χ4n) is 2.46. The van der Waals surface area contributed by atoms with E-state index in [0.29, 0.717) is 5.92 Å². The Morgan fingerprint density at radius 2 is 2.21 bits per heavy atom. The van der Waals surface area contributed by atoms with E-state index in [1.807, 2.05) is 6.07 Å². The van der Waals surface area contributed by atoms with Crippen molar-refractivity contribution in [1.82, 2.24) is 9.88 Å². The van der Waals surface area contributed by atoms with Crippen LogP contribution in [0.15, 0.2) is 18.2 Å². The normalized spacial score (nSPS) is 17.5. The fourth-order valence-corrected chi connectivity index (χ4v) is 2.46. The van der Waals surface area contributed by atoms with Crippen molar-refractivity contribution in [2.24, 2.45) is 5.92 Å². The van der Waals surface area contributed by atoms with Gasteiger partial charge in [0.25, 0.3) is 0 Å². The molecule has 0 aromatic carbocycles. The van der Waals surface area contributed by atoms with Crippen molar-refractivity contribution in [2.45, 2.75) is 19.4 Å². The Labute approximate surface area is 113 Å². The van der Waals surface area contributed by atoms with Crippen molar-refractivity contribution in [3.63, 3.8) is 0 Å². The Morgan fingerprint density at radius 3 is 2.84 bits per heavy atom. The monoisotopic (exact) mass is 264 g/mol. The highest BCUT2D eigenvalue weighted by atomic mass is 16.5. The van der Waals surface area contributed by atoms with Gasteiger partial charge in [0.1, 0.15) is 5.69 Å². The van der Waals surface area contributed by atoms with Gasteiger partial charge in [0, 0.05) is 20.3 Å². The number of ether oxygens (including phenoxy) is 1. The molecule has 5 nitrogen and oxygen atoms in total. The highest BCUT2D eigenvalue weighted by Crippen LogP contribution is 2.18. The van der Waals surface area contributed by atoms with Crippen LogP contribution in [0.4, 0.5) is 0 Å². The number of piperidine rings is 1. The molecule has 0 radical (unpaired) electrons. The SMILES string of the molecule is COCC1CCN(Cc2cccc(C(=O)O)n2)CC1. The number of carboxylic acids is 1. The molecule has 2 heterocycles. The lowest BCUT2D eigenvalue weighted by atomic mass is 9.98. The van der Waals surface area contributed by atoms with Gasteiger partial charge < -0.3 is 9.84 Å². The van der Waals surface area contributed by atoms with Gasteiger partial charge in [-0.2, -0.15) is 0 Å². The van der Waals surface area contributed by atoms with Crippen LogP contribution >= 0.6 is 0 Å². The van der Waals surface area contributed by atoms with Crippen LogP contribution in [0.25, 0.3) is 0 Å². The first-order chi connectivity index (χ1) is 9.19. The summed E-state index contributed by atoms with van der Waals surface area (Å²) in [6.45, 7) is 3.60. The minimum Gasteiger partial charge on any atom is -0.477 e. The molecule has 1 aromatic heterocycles. The highest BCUT2D eigenvalue weighted by Gasteiger charge is 2.19. The van der Waals surface area contributed by atoms with Crippen molar-refractivity contribution in [2.75, 3.05) is 26.8 Å². The molecule has 1 saturated heterocycles. The van der Waals surface area contributed by atoms with Gasteiger partial charge in [0.2, 0.25) is 0 Å². The topological polar surface area (TPSA) is 62.7 Å². The molecule has 19 heavy (non-hydrogen) atoms. The zero-order valence-corrected chi connectivity index (χ0v) is 11.2. The van der Waals surface area contributed by atoms with E-state index < -0.39 is 5.97 Å². The summed E-state index contributed by atoms with van der Waals surface area (Å²) in [5.41, 5.74) is 0.942. The van der Waals surface area contributed by atoms with Gasteiger partial charge in [-0.15, -0.1) is 0 Å². The molecule has 0 saturated carbocycles. The zero-order valence-electron chi connectivity index (χ0n) is 11.2. The van der Waals surface area contributed by atoms with Crippen LogP contribution in [-0.4, -0.2) is 47.8 Å². The number of hydrogen-bond acceptors (Lipinski definition) is 4. The Balaban J connectivity index is 1.88. The van der Waals surface area contributed by atoms with E-state index >= 15 is 0 Å². The quantitative estimate of drug-likeness (QED) is 0.876. The van der Waals surface area contributed by atoms with Gasteiger partial charge in [-0.1, -0.05) is 6.07 Å². The molecular weight excluding hydrogens is 244 g/mol. The Bertz CT molecular complexity index is 428. The number of likely N-dealkylation sites (tertiary alicyclic amines) is 1. The molecule has 0 aliphatic carbocycles. The largest absolute Gasteiger partial charge is 0.477 e. The minimum atomic E-state index is -0.972. The maximum absolute atomic E-state index is 10.9. The van der Waals surface area contributed by atoms with Crippen LogP contribution in [-0.2, 0) is 11.3 Å². The van der Waals surface area contributed by atoms with E-state index in [9.17, 15) is 4.79 Å². The molecule has 0 amide bonds. The van der Waals surface area contributed by atoms with E-state index in [1.54, 1.807) is 13.2 Å². The Morgan fingerprint density at radius 1 is 1.47 bits per heavy atom. The first-order valence-electron chi connectivity index (χ1n) is 6.59. The van der Waals surface area contributed by atoms with Gasteiger partial charge in [0.15, 0.2) is 0 Å². The van der Waals surface area contributed by atoms with Crippen molar-refractivity contribution in [1.29, 1.82) is 0 Å². The average Bonchev–Trinajstić information content (AvgIpc) is 2.42. The summed E-state index contributed by atoms with van der Waals surface area (Å²) < 4.78 is 5.18. The summed E-state index contributed by atoms with van der Waals surface area (Å²) >= 11 is 0. The molecule has 5 heteroatoms. The molecule has 104 valence electrons. The molecule has 0 bridgehead atoms. The second-order valence-electron chi connectivity index (χ2n) is 4.99. The molecule has 0 unspecified atom stereocenters. The average molecular weight is 264 g/mol. The lowest BCUT2D eigenvalue weighted by Crippen LogP contribution is -2.34. The molecule has 1 aromatic rings. The Hall–Kier alpha value is -1.46. The number of pyridine rings is 1. The predicted octanol–water partition coefficient (Wildman–Crippen LogP) is 1.64. The van der Waals surface area contributed by atoms with Gasteiger partial charge >= 0.3 is 5.97 Å². The van der Waals surface area contributed by atoms with Crippen molar-refractivity contribution < 1.29 is 14.6 Å². The number of aromatic carboxylic acids is 1. The summed E-state index contributed by atoms with van der Waals surface area (Å²) in [6.07, 6.45) is 2.26. The molecule has 1 aliphatic rings. The maximum atomic E-state index is 10.9. The minimum absolute atomic E-state index is 0.117. The number of rotatable bonds is 5. The number of carbonyl (C=O) groups is 1. The Kier molecular flexibility index (Phi) is 4.87. The van der Waals surface area contributed by atoms with Gasteiger partial charge in [-0.3, -0.25) is 4.90 Å². The van der Waals surface area contributed by atoms with Crippen molar-refractivity contribution in [3.8, 4) is 0 Å². The lowest BCUT2D eigenvalue weighted by molar-refractivity contribution is 0.0689. The molecule has 1 fully saturated rings. The summed E-state index contributed by atoms with van der Waals surface area (Å²) in [4.78, 5) is 17.3. The first kappa shape index (κ1) is 14.0. The molecular formula is C14H20N2O3. The maximum Gasteiger partial charge on any atom is 0.354 e. The molecule has 1 aliphatic heterocycles. The van der Waals surface area contributed by atoms with Crippen LogP contribution < -0.4 is 0 Å². The zero-order chi connectivity index (χ0) is 13.7. The molecule has 2 rings (SSSR count). The lowest BCUT2D eigenvalue weighted by Gasteiger charge is -2.31.